The Hall–Kier alpha value is -1.49. The molecule has 1 aromatic rings. The van der Waals surface area contributed by atoms with Gasteiger partial charge in [-0.3, -0.25) is 9.59 Å². The first kappa shape index (κ1) is 14.9. The van der Waals surface area contributed by atoms with E-state index in [4.69, 9.17) is 0 Å². The predicted molar refractivity (Wildman–Crippen MR) is 81.4 cm³/mol. The summed E-state index contributed by atoms with van der Waals surface area (Å²) in [6.07, 6.45) is 0.364. The van der Waals surface area contributed by atoms with Crippen LogP contribution >= 0.6 is 11.8 Å². The summed E-state index contributed by atoms with van der Waals surface area (Å²) < 4.78 is 0. The zero-order valence-electron chi connectivity index (χ0n) is 11.9. The molecule has 4 nitrogen and oxygen atoms in total. The van der Waals surface area contributed by atoms with E-state index in [1.54, 1.807) is 11.8 Å². The number of rotatable bonds is 5. The van der Waals surface area contributed by atoms with Crippen molar-refractivity contribution in [2.45, 2.75) is 25.6 Å². The molecule has 5 heteroatoms. The number of carbonyl (C=O) groups is 2. The van der Waals surface area contributed by atoms with Gasteiger partial charge in [0.25, 0.3) is 0 Å². The molecule has 1 N–H and O–H groups in total. The number of hydrogen-bond donors (Lipinski definition) is 1. The highest BCUT2D eigenvalue weighted by Gasteiger charge is 2.32. The Labute approximate surface area is 123 Å². The Balaban J connectivity index is 2.03. The van der Waals surface area contributed by atoms with Gasteiger partial charge in [0.15, 0.2) is 0 Å². The first-order chi connectivity index (χ1) is 9.61. The van der Waals surface area contributed by atoms with Crippen LogP contribution in [-0.4, -0.2) is 35.6 Å². The van der Waals surface area contributed by atoms with Crippen LogP contribution in [0.1, 0.15) is 29.8 Å². The van der Waals surface area contributed by atoms with Gasteiger partial charge in [-0.1, -0.05) is 29.8 Å². The van der Waals surface area contributed by atoms with Crippen molar-refractivity contribution in [1.82, 2.24) is 10.2 Å². The van der Waals surface area contributed by atoms with E-state index in [-0.39, 0.29) is 17.2 Å². The average molecular weight is 292 g/mol. The molecule has 2 amide bonds. The van der Waals surface area contributed by atoms with E-state index in [1.165, 1.54) is 5.56 Å². The summed E-state index contributed by atoms with van der Waals surface area (Å²) in [6.45, 7) is 5.05. The summed E-state index contributed by atoms with van der Waals surface area (Å²) in [5.41, 5.74) is 2.33. The highest BCUT2D eigenvalue weighted by atomic mass is 32.2. The van der Waals surface area contributed by atoms with Gasteiger partial charge in [-0.15, -0.1) is 11.8 Å². The molecule has 0 saturated carbocycles. The van der Waals surface area contributed by atoms with E-state index in [0.29, 0.717) is 25.3 Å². The van der Waals surface area contributed by atoms with Crippen LogP contribution < -0.4 is 5.32 Å². The van der Waals surface area contributed by atoms with Crippen LogP contribution in [0.5, 0.6) is 0 Å². The van der Waals surface area contributed by atoms with Crippen LogP contribution in [0.2, 0.25) is 0 Å². The first-order valence-corrected chi connectivity index (χ1v) is 7.91. The van der Waals surface area contributed by atoms with E-state index < -0.39 is 0 Å². The Bertz CT molecular complexity index is 487. The first-order valence-electron chi connectivity index (χ1n) is 6.86. The summed E-state index contributed by atoms with van der Waals surface area (Å²) in [6, 6.07) is 8.23. The monoisotopic (exact) mass is 292 g/mol. The lowest BCUT2D eigenvalue weighted by Gasteiger charge is -2.24. The van der Waals surface area contributed by atoms with Crippen LogP contribution in [0.3, 0.4) is 0 Å². The van der Waals surface area contributed by atoms with Crippen molar-refractivity contribution in [2.24, 2.45) is 0 Å². The molecular weight excluding hydrogens is 272 g/mol. The lowest BCUT2D eigenvalue weighted by Crippen LogP contribution is -2.33. The van der Waals surface area contributed by atoms with Crippen molar-refractivity contribution in [1.29, 1.82) is 0 Å². The van der Waals surface area contributed by atoms with Crippen molar-refractivity contribution >= 4 is 23.6 Å². The fourth-order valence-electron chi connectivity index (χ4n) is 2.21. The molecule has 0 unspecified atom stereocenters. The van der Waals surface area contributed by atoms with Gasteiger partial charge in [0.1, 0.15) is 5.37 Å². The third-order valence-corrected chi connectivity index (χ3v) is 4.54. The minimum absolute atomic E-state index is 0.000133. The van der Waals surface area contributed by atoms with E-state index in [9.17, 15) is 9.59 Å². The van der Waals surface area contributed by atoms with E-state index in [0.717, 1.165) is 5.56 Å². The standard InChI is InChI=1S/C15H20N2O2S/c1-3-16-13(18)8-9-17-14(19)10-20-15(17)12-6-4-11(2)5-7-12/h4-7,15H,3,8-10H2,1-2H3,(H,16,18)/t15-/m1/s1. The molecule has 20 heavy (non-hydrogen) atoms. The van der Waals surface area contributed by atoms with Gasteiger partial charge < -0.3 is 10.2 Å². The summed E-state index contributed by atoms with van der Waals surface area (Å²) in [7, 11) is 0. The second kappa shape index (κ2) is 6.79. The highest BCUT2D eigenvalue weighted by molar-refractivity contribution is 8.00. The molecule has 0 aliphatic carbocycles. The Morgan fingerprint density at radius 2 is 2.10 bits per heavy atom. The Kier molecular flexibility index (Phi) is 5.06. The number of amides is 2. The molecule has 0 bridgehead atoms. The number of thioether (sulfide) groups is 1. The highest BCUT2D eigenvalue weighted by Crippen LogP contribution is 2.38. The number of nitrogens with zero attached hydrogens (tertiary/aromatic N) is 1. The second-order valence-electron chi connectivity index (χ2n) is 4.86. The minimum atomic E-state index is -0.000133. The number of carbonyl (C=O) groups excluding carboxylic acids is 2. The van der Waals surface area contributed by atoms with Crippen molar-refractivity contribution in [3.63, 3.8) is 0 Å². The van der Waals surface area contributed by atoms with Gasteiger partial charge in [-0.05, 0) is 19.4 Å². The molecule has 1 saturated heterocycles. The second-order valence-corrected chi connectivity index (χ2v) is 5.93. The number of aryl methyl sites for hydroxylation is 1. The average Bonchev–Trinajstić information content (AvgIpc) is 2.79. The van der Waals surface area contributed by atoms with Crippen molar-refractivity contribution in [2.75, 3.05) is 18.8 Å². The topological polar surface area (TPSA) is 49.4 Å². The normalized spacial score (nSPS) is 18.4. The molecule has 1 aliphatic heterocycles. The lowest BCUT2D eigenvalue weighted by molar-refractivity contribution is -0.129. The van der Waals surface area contributed by atoms with Crippen LogP contribution in [0.15, 0.2) is 24.3 Å². The van der Waals surface area contributed by atoms with Gasteiger partial charge >= 0.3 is 0 Å². The lowest BCUT2D eigenvalue weighted by atomic mass is 10.1. The number of nitrogens with one attached hydrogen (secondary N) is 1. The Morgan fingerprint density at radius 1 is 1.40 bits per heavy atom. The fourth-order valence-corrected chi connectivity index (χ4v) is 3.43. The van der Waals surface area contributed by atoms with Crippen LogP contribution in [0, 0.1) is 6.92 Å². The maximum atomic E-state index is 12.0. The maximum Gasteiger partial charge on any atom is 0.233 e. The smallest absolute Gasteiger partial charge is 0.233 e. The zero-order valence-corrected chi connectivity index (χ0v) is 12.7. The summed E-state index contributed by atoms with van der Waals surface area (Å²) >= 11 is 1.63. The molecule has 108 valence electrons. The van der Waals surface area contributed by atoms with E-state index >= 15 is 0 Å². The Morgan fingerprint density at radius 3 is 2.75 bits per heavy atom. The largest absolute Gasteiger partial charge is 0.356 e. The summed E-state index contributed by atoms with van der Waals surface area (Å²) in [5, 5.41) is 2.80. The number of benzene rings is 1. The van der Waals surface area contributed by atoms with Crippen molar-refractivity contribution < 1.29 is 9.59 Å². The van der Waals surface area contributed by atoms with Crippen LogP contribution in [0.4, 0.5) is 0 Å². The fraction of sp³-hybridized carbons (Fsp3) is 0.467. The molecule has 2 rings (SSSR count). The molecule has 1 atom stereocenters. The SMILES string of the molecule is CCNC(=O)CCN1C(=O)CS[C@@H]1c1ccc(C)cc1. The molecule has 1 aliphatic rings. The molecule has 0 aromatic heterocycles. The van der Waals surface area contributed by atoms with Crippen molar-refractivity contribution in [3.05, 3.63) is 35.4 Å². The van der Waals surface area contributed by atoms with Gasteiger partial charge in [-0.25, -0.2) is 0 Å². The molecular formula is C15H20N2O2S. The maximum absolute atomic E-state index is 12.0. The van der Waals surface area contributed by atoms with E-state index in [1.807, 2.05) is 18.7 Å². The molecule has 0 radical (unpaired) electrons. The van der Waals surface area contributed by atoms with Crippen LogP contribution in [-0.2, 0) is 9.59 Å². The third kappa shape index (κ3) is 3.54. The van der Waals surface area contributed by atoms with Gasteiger partial charge in [0.05, 0.1) is 5.75 Å². The van der Waals surface area contributed by atoms with Crippen molar-refractivity contribution in [3.8, 4) is 0 Å². The zero-order chi connectivity index (χ0) is 14.5. The summed E-state index contributed by atoms with van der Waals surface area (Å²) in [4.78, 5) is 25.3. The molecule has 1 fully saturated rings. The molecule has 0 spiro atoms. The van der Waals surface area contributed by atoms with Gasteiger partial charge in [-0.2, -0.15) is 0 Å². The predicted octanol–water partition coefficient (Wildman–Crippen LogP) is 2.10. The van der Waals surface area contributed by atoms with Gasteiger partial charge in [0.2, 0.25) is 11.8 Å². The number of hydrogen-bond acceptors (Lipinski definition) is 3. The van der Waals surface area contributed by atoms with Gasteiger partial charge in [0, 0.05) is 19.5 Å². The molecule has 1 aromatic carbocycles. The molecule has 1 heterocycles. The minimum Gasteiger partial charge on any atom is -0.356 e. The third-order valence-electron chi connectivity index (χ3n) is 3.28. The quantitative estimate of drug-likeness (QED) is 0.904. The van der Waals surface area contributed by atoms with E-state index in [2.05, 4.69) is 29.6 Å². The summed E-state index contributed by atoms with van der Waals surface area (Å²) in [5.74, 6) is 0.609. The van der Waals surface area contributed by atoms with Crippen LogP contribution in [0.25, 0.3) is 0 Å².